The van der Waals surface area contributed by atoms with Crippen LogP contribution in [0.4, 0.5) is 5.69 Å². The molecule has 16 heavy (non-hydrogen) atoms. The zero-order valence-corrected chi connectivity index (χ0v) is 9.81. The van der Waals surface area contributed by atoms with Crippen molar-refractivity contribution in [2.75, 3.05) is 24.4 Å². The average Bonchev–Trinajstić information content (AvgIpc) is 2.27. The first-order valence-corrected chi connectivity index (χ1v) is 5.45. The molecule has 0 amide bonds. The van der Waals surface area contributed by atoms with Crippen molar-refractivity contribution in [1.29, 1.82) is 0 Å². The highest BCUT2D eigenvalue weighted by Gasteiger charge is 1.98. The van der Waals surface area contributed by atoms with Gasteiger partial charge in [-0.1, -0.05) is 12.1 Å². The van der Waals surface area contributed by atoms with Gasteiger partial charge in [0.15, 0.2) is 0 Å². The Morgan fingerprint density at radius 1 is 1.44 bits per heavy atom. The molecule has 0 aliphatic carbocycles. The van der Waals surface area contributed by atoms with E-state index in [0.717, 1.165) is 23.9 Å². The van der Waals surface area contributed by atoms with E-state index >= 15 is 0 Å². The van der Waals surface area contributed by atoms with E-state index in [4.69, 9.17) is 16.7 Å². The van der Waals surface area contributed by atoms with Crippen molar-refractivity contribution in [3.05, 3.63) is 35.9 Å². The van der Waals surface area contributed by atoms with Gasteiger partial charge in [-0.25, -0.2) is 4.79 Å². The molecule has 0 aromatic heterocycles. The molecule has 4 heteroatoms. The van der Waals surface area contributed by atoms with Crippen molar-refractivity contribution in [3.8, 4) is 0 Å². The maximum absolute atomic E-state index is 10.3. The van der Waals surface area contributed by atoms with Crippen molar-refractivity contribution in [3.63, 3.8) is 0 Å². The van der Waals surface area contributed by atoms with Gasteiger partial charge in [-0.2, -0.15) is 0 Å². The number of anilines is 1. The highest BCUT2D eigenvalue weighted by Crippen LogP contribution is 2.14. The van der Waals surface area contributed by atoms with Crippen molar-refractivity contribution in [2.45, 2.75) is 0 Å². The Morgan fingerprint density at radius 3 is 2.56 bits per heavy atom. The molecule has 0 heterocycles. The van der Waals surface area contributed by atoms with Gasteiger partial charge in [0.1, 0.15) is 0 Å². The van der Waals surface area contributed by atoms with Crippen LogP contribution in [-0.4, -0.2) is 30.5 Å². The standard InChI is InChI=1S/C12H14ClNO2/c1-14(9-8-13)11-5-2-10(3-6-11)4-7-12(15)16/h2-7H,8-9H2,1H3,(H,15,16). The van der Waals surface area contributed by atoms with E-state index in [2.05, 4.69) is 0 Å². The first kappa shape index (κ1) is 12.6. The fraction of sp³-hybridized carbons (Fsp3) is 0.250. The van der Waals surface area contributed by atoms with Crippen LogP contribution in [0.1, 0.15) is 5.56 Å². The van der Waals surface area contributed by atoms with Crippen molar-refractivity contribution >= 4 is 29.3 Å². The van der Waals surface area contributed by atoms with Gasteiger partial charge in [-0.05, 0) is 23.8 Å². The van der Waals surface area contributed by atoms with Crippen molar-refractivity contribution in [1.82, 2.24) is 0 Å². The van der Waals surface area contributed by atoms with Crippen LogP contribution in [0.2, 0.25) is 0 Å². The summed E-state index contributed by atoms with van der Waals surface area (Å²) < 4.78 is 0. The molecule has 0 atom stereocenters. The van der Waals surface area contributed by atoms with E-state index in [1.807, 2.05) is 36.2 Å². The van der Waals surface area contributed by atoms with Crippen LogP contribution in [0.5, 0.6) is 0 Å². The van der Waals surface area contributed by atoms with Gasteiger partial charge in [0.25, 0.3) is 0 Å². The maximum Gasteiger partial charge on any atom is 0.328 e. The number of carbonyl (C=O) groups is 1. The number of alkyl halides is 1. The number of hydrogen-bond donors (Lipinski definition) is 1. The smallest absolute Gasteiger partial charge is 0.328 e. The fourth-order valence-electron chi connectivity index (χ4n) is 1.26. The van der Waals surface area contributed by atoms with Gasteiger partial charge in [0.05, 0.1) is 0 Å². The number of hydrogen-bond acceptors (Lipinski definition) is 2. The lowest BCUT2D eigenvalue weighted by Crippen LogP contribution is -2.19. The summed E-state index contributed by atoms with van der Waals surface area (Å²) in [6, 6.07) is 7.63. The second kappa shape index (κ2) is 6.18. The third-order valence-corrected chi connectivity index (χ3v) is 2.34. The number of aliphatic carboxylic acids is 1. The monoisotopic (exact) mass is 239 g/mol. The predicted molar refractivity (Wildman–Crippen MR) is 67.1 cm³/mol. The maximum atomic E-state index is 10.3. The molecule has 0 aliphatic rings. The van der Waals surface area contributed by atoms with E-state index in [1.165, 1.54) is 0 Å². The Balaban J connectivity index is 2.71. The zero-order chi connectivity index (χ0) is 12.0. The van der Waals surface area contributed by atoms with E-state index < -0.39 is 5.97 Å². The van der Waals surface area contributed by atoms with Crippen LogP contribution in [0.3, 0.4) is 0 Å². The molecule has 0 radical (unpaired) electrons. The van der Waals surface area contributed by atoms with Crippen LogP contribution in [0.15, 0.2) is 30.3 Å². The summed E-state index contributed by atoms with van der Waals surface area (Å²) in [6.07, 6.45) is 2.69. The number of rotatable bonds is 5. The second-order valence-corrected chi connectivity index (χ2v) is 3.75. The normalized spacial score (nSPS) is 10.6. The lowest BCUT2D eigenvalue weighted by Gasteiger charge is -2.17. The number of halogens is 1. The van der Waals surface area contributed by atoms with Gasteiger partial charge in [0, 0.05) is 31.2 Å². The molecule has 0 saturated carbocycles. The lowest BCUT2D eigenvalue weighted by molar-refractivity contribution is -0.131. The first-order chi connectivity index (χ1) is 7.63. The Hall–Kier alpha value is -1.48. The third-order valence-electron chi connectivity index (χ3n) is 2.17. The molecule has 0 spiro atoms. The molecule has 0 bridgehead atoms. The molecule has 3 nitrogen and oxygen atoms in total. The van der Waals surface area contributed by atoms with Gasteiger partial charge < -0.3 is 10.0 Å². The number of benzene rings is 1. The zero-order valence-electron chi connectivity index (χ0n) is 9.06. The minimum Gasteiger partial charge on any atom is -0.478 e. The van der Waals surface area contributed by atoms with Gasteiger partial charge in [-0.15, -0.1) is 11.6 Å². The number of nitrogens with zero attached hydrogens (tertiary/aromatic N) is 1. The Kier molecular flexibility index (Phi) is 4.86. The lowest BCUT2D eigenvalue weighted by atomic mass is 10.2. The molecule has 1 rings (SSSR count). The Morgan fingerprint density at radius 2 is 2.06 bits per heavy atom. The second-order valence-electron chi connectivity index (χ2n) is 3.37. The summed E-state index contributed by atoms with van der Waals surface area (Å²) in [5.74, 6) is -0.361. The molecule has 0 saturated heterocycles. The highest BCUT2D eigenvalue weighted by molar-refractivity contribution is 6.18. The first-order valence-electron chi connectivity index (χ1n) is 4.91. The Bertz CT molecular complexity index is 373. The van der Waals surface area contributed by atoms with Gasteiger partial charge in [0.2, 0.25) is 0 Å². The summed E-state index contributed by atoms with van der Waals surface area (Å²) in [5, 5.41) is 8.48. The Labute approximate surface area is 100.0 Å². The van der Waals surface area contributed by atoms with Crippen LogP contribution in [0.25, 0.3) is 6.08 Å². The number of carboxylic acids is 1. The molecular weight excluding hydrogens is 226 g/mol. The SMILES string of the molecule is CN(CCCl)c1ccc(C=CC(=O)O)cc1. The molecule has 86 valence electrons. The third kappa shape index (κ3) is 3.95. The topological polar surface area (TPSA) is 40.5 Å². The summed E-state index contributed by atoms with van der Waals surface area (Å²) in [6.45, 7) is 0.784. The van der Waals surface area contributed by atoms with E-state index in [9.17, 15) is 4.79 Å². The summed E-state index contributed by atoms with van der Waals surface area (Å²) in [4.78, 5) is 12.4. The van der Waals surface area contributed by atoms with Crippen molar-refractivity contribution < 1.29 is 9.90 Å². The highest BCUT2D eigenvalue weighted by atomic mass is 35.5. The van der Waals surface area contributed by atoms with Gasteiger partial charge >= 0.3 is 5.97 Å². The summed E-state index contributed by atoms with van der Waals surface area (Å²) in [7, 11) is 1.96. The predicted octanol–water partition coefficient (Wildman–Crippen LogP) is 2.46. The molecule has 0 unspecified atom stereocenters. The molecular formula is C12H14ClNO2. The quantitative estimate of drug-likeness (QED) is 0.634. The van der Waals surface area contributed by atoms with Crippen LogP contribution < -0.4 is 4.90 Å². The minimum atomic E-state index is -0.941. The van der Waals surface area contributed by atoms with Crippen molar-refractivity contribution in [2.24, 2.45) is 0 Å². The molecule has 0 fully saturated rings. The van der Waals surface area contributed by atoms with Crippen LogP contribution in [0, 0.1) is 0 Å². The minimum absolute atomic E-state index is 0.581. The average molecular weight is 240 g/mol. The largest absolute Gasteiger partial charge is 0.478 e. The summed E-state index contributed by atoms with van der Waals surface area (Å²) in [5.41, 5.74) is 1.93. The van der Waals surface area contributed by atoms with E-state index in [1.54, 1.807) is 6.08 Å². The van der Waals surface area contributed by atoms with E-state index in [0.29, 0.717) is 5.88 Å². The van der Waals surface area contributed by atoms with Gasteiger partial charge in [-0.3, -0.25) is 0 Å². The van der Waals surface area contributed by atoms with Crippen LogP contribution >= 0.6 is 11.6 Å². The molecule has 1 aromatic carbocycles. The molecule has 1 aromatic rings. The van der Waals surface area contributed by atoms with Crippen LogP contribution in [-0.2, 0) is 4.79 Å². The molecule has 1 N–H and O–H groups in total. The molecule has 0 aliphatic heterocycles. The fourth-order valence-corrected chi connectivity index (χ4v) is 1.52. The summed E-state index contributed by atoms with van der Waals surface area (Å²) >= 11 is 5.64. The number of carboxylic acid groups (broad SMARTS) is 1. The van der Waals surface area contributed by atoms with E-state index in [-0.39, 0.29) is 0 Å².